The number of benzene rings is 3. The summed E-state index contributed by atoms with van der Waals surface area (Å²) in [5.41, 5.74) is 3.49. The number of hydrogen-bond donors (Lipinski definition) is 1. The summed E-state index contributed by atoms with van der Waals surface area (Å²) in [5.74, 6) is 1.71. The van der Waals surface area contributed by atoms with E-state index in [0.717, 1.165) is 11.1 Å². The van der Waals surface area contributed by atoms with Crippen molar-refractivity contribution in [1.29, 1.82) is 0 Å². The van der Waals surface area contributed by atoms with Crippen LogP contribution in [-0.4, -0.2) is 17.1 Å². The Kier molecular flexibility index (Phi) is 4.81. The molecule has 0 amide bonds. The van der Waals surface area contributed by atoms with Crippen molar-refractivity contribution in [3.63, 3.8) is 0 Å². The number of nitrogens with one attached hydrogen (secondary N) is 1. The van der Waals surface area contributed by atoms with Gasteiger partial charge in [-0.15, -0.1) is 0 Å². The molecule has 0 spiro atoms. The standard InChI is InChI=1S/C23H20N2O3/c1-15-6-5-7-16(12-15)14-28-21-13-17(10-11-20(21)27-2)22-24-19-9-4-3-8-18(19)23(26)25-22/h3-13H,14H2,1-2H3,(H,24,25,26). The lowest BCUT2D eigenvalue weighted by Gasteiger charge is -2.13. The van der Waals surface area contributed by atoms with Crippen LogP contribution in [0.4, 0.5) is 0 Å². The van der Waals surface area contributed by atoms with Crippen LogP contribution in [0.5, 0.6) is 11.5 Å². The predicted molar refractivity (Wildman–Crippen MR) is 110 cm³/mol. The average Bonchev–Trinajstić information content (AvgIpc) is 2.72. The first-order valence-electron chi connectivity index (χ1n) is 9.00. The molecule has 1 heterocycles. The summed E-state index contributed by atoms with van der Waals surface area (Å²) in [7, 11) is 1.60. The van der Waals surface area contributed by atoms with E-state index in [9.17, 15) is 4.79 Å². The van der Waals surface area contributed by atoms with Gasteiger partial charge in [0.05, 0.1) is 18.0 Å². The van der Waals surface area contributed by atoms with Gasteiger partial charge in [-0.05, 0) is 42.8 Å². The number of para-hydroxylation sites is 1. The third-order valence-corrected chi connectivity index (χ3v) is 4.53. The summed E-state index contributed by atoms with van der Waals surface area (Å²) in [6, 6.07) is 20.9. The van der Waals surface area contributed by atoms with Crippen LogP contribution in [0.2, 0.25) is 0 Å². The van der Waals surface area contributed by atoms with Gasteiger partial charge in [0.1, 0.15) is 12.4 Å². The van der Waals surface area contributed by atoms with Crippen molar-refractivity contribution >= 4 is 10.9 Å². The van der Waals surface area contributed by atoms with Crippen molar-refractivity contribution in [2.75, 3.05) is 7.11 Å². The quantitative estimate of drug-likeness (QED) is 0.561. The highest BCUT2D eigenvalue weighted by Crippen LogP contribution is 2.32. The summed E-state index contributed by atoms with van der Waals surface area (Å²) in [6.07, 6.45) is 0. The second-order valence-electron chi connectivity index (χ2n) is 6.58. The maximum Gasteiger partial charge on any atom is 0.259 e. The van der Waals surface area contributed by atoms with E-state index in [2.05, 4.69) is 16.0 Å². The molecule has 4 aromatic rings. The maximum atomic E-state index is 12.4. The van der Waals surface area contributed by atoms with Gasteiger partial charge in [0.25, 0.3) is 5.56 Å². The van der Waals surface area contributed by atoms with Crippen LogP contribution in [0.25, 0.3) is 22.3 Å². The molecular weight excluding hydrogens is 352 g/mol. The number of rotatable bonds is 5. The number of aryl methyl sites for hydroxylation is 1. The average molecular weight is 372 g/mol. The number of nitrogens with zero attached hydrogens (tertiary/aromatic N) is 1. The molecule has 5 heteroatoms. The normalized spacial score (nSPS) is 10.8. The third kappa shape index (κ3) is 3.60. The minimum atomic E-state index is -0.168. The lowest BCUT2D eigenvalue weighted by Crippen LogP contribution is -2.09. The van der Waals surface area contributed by atoms with Crippen molar-refractivity contribution in [2.24, 2.45) is 0 Å². The molecule has 0 atom stereocenters. The fraction of sp³-hybridized carbons (Fsp3) is 0.130. The molecule has 28 heavy (non-hydrogen) atoms. The van der Waals surface area contributed by atoms with Gasteiger partial charge in [-0.2, -0.15) is 0 Å². The van der Waals surface area contributed by atoms with E-state index < -0.39 is 0 Å². The summed E-state index contributed by atoms with van der Waals surface area (Å²) in [6.45, 7) is 2.47. The molecule has 0 unspecified atom stereocenters. The summed E-state index contributed by atoms with van der Waals surface area (Å²) in [5, 5.41) is 0.565. The molecule has 0 radical (unpaired) electrons. The van der Waals surface area contributed by atoms with Crippen LogP contribution in [0.1, 0.15) is 11.1 Å². The van der Waals surface area contributed by atoms with Crippen molar-refractivity contribution in [3.8, 4) is 22.9 Å². The Bertz CT molecular complexity index is 1200. The Balaban J connectivity index is 1.69. The SMILES string of the molecule is COc1ccc(-c2nc3ccccc3c(=O)[nH]2)cc1OCc1cccc(C)c1. The van der Waals surface area contributed by atoms with Crippen LogP contribution in [0.3, 0.4) is 0 Å². The molecule has 0 aliphatic carbocycles. The third-order valence-electron chi connectivity index (χ3n) is 4.53. The van der Waals surface area contributed by atoms with E-state index in [-0.39, 0.29) is 5.56 Å². The van der Waals surface area contributed by atoms with Gasteiger partial charge in [-0.25, -0.2) is 4.98 Å². The topological polar surface area (TPSA) is 64.2 Å². The molecule has 4 rings (SSSR count). The highest BCUT2D eigenvalue weighted by atomic mass is 16.5. The number of fused-ring (bicyclic) bond motifs is 1. The van der Waals surface area contributed by atoms with E-state index in [4.69, 9.17) is 9.47 Å². The van der Waals surface area contributed by atoms with Gasteiger partial charge in [0, 0.05) is 5.56 Å². The van der Waals surface area contributed by atoms with Crippen LogP contribution in [0.15, 0.2) is 71.5 Å². The smallest absolute Gasteiger partial charge is 0.259 e. The van der Waals surface area contributed by atoms with Crippen LogP contribution < -0.4 is 15.0 Å². The van der Waals surface area contributed by atoms with Gasteiger partial charge in [0.15, 0.2) is 11.5 Å². The minimum absolute atomic E-state index is 0.168. The highest BCUT2D eigenvalue weighted by molar-refractivity contribution is 5.79. The van der Waals surface area contributed by atoms with Crippen molar-refractivity contribution in [2.45, 2.75) is 13.5 Å². The van der Waals surface area contributed by atoms with Gasteiger partial charge >= 0.3 is 0 Å². The first-order chi connectivity index (χ1) is 13.6. The van der Waals surface area contributed by atoms with Gasteiger partial charge in [-0.3, -0.25) is 4.79 Å². The molecule has 0 saturated heterocycles. The number of aromatic amines is 1. The fourth-order valence-corrected chi connectivity index (χ4v) is 3.12. The van der Waals surface area contributed by atoms with E-state index in [1.165, 1.54) is 5.56 Å². The first-order valence-corrected chi connectivity index (χ1v) is 9.00. The molecular formula is C23H20N2O3. The van der Waals surface area contributed by atoms with E-state index in [0.29, 0.717) is 34.8 Å². The minimum Gasteiger partial charge on any atom is -0.493 e. The van der Waals surface area contributed by atoms with Crippen LogP contribution in [-0.2, 0) is 6.61 Å². The molecule has 1 N–H and O–H groups in total. The van der Waals surface area contributed by atoms with Crippen molar-refractivity contribution in [3.05, 3.63) is 88.2 Å². The Labute approximate surface area is 162 Å². The fourth-order valence-electron chi connectivity index (χ4n) is 3.12. The van der Waals surface area contributed by atoms with E-state index in [1.54, 1.807) is 13.2 Å². The largest absolute Gasteiger partial charge is 0.493 e. The van der Waals surface area contributed by atoms with E-state index in [1.807, 2.05) is 61.5 Å². The molecule has 0 aliphatic rings. The molecule has 0 fully saturated rings. The van der Waals surface area contributed by atoms with Crippen molar-refractivity contribution in [1.82, 2.24) is 9.97 Å². The number of hydrogen-bond acceptors (Lipinski definition) is 4. The van der Waals surface area contributed by atoms with Gasteiger partial charge < -0.3 is 14.5 Å². The Morgan fingerprint density at radius 2 is 1.82 bits per heavy atom. The predicted octanol–water partition coefficient (Wildman–Crippen LogP) is 4.49. The molecule has 5 nitrogen and oxygen atoms in total. The Morgan fingerprint density at radius 1 is 0.964 bits per heavy atom. The van der Waals surface area contributed by atoms with Crippen molar-refractivity contribution < 1.29 is 9.47 Å². The lowest BCUT2D eigenvalue weighted by molar-refractivity contribution is 0.284. The number of methoxy groups -OCH3 is 1. The first kappa shape index (κ1) is 17.8. The second kappa shape index (κ2) is 7.56. The maximum absolute atomic E-state index is 12.4. The van der Waals surface area contributed by atoms with Crippen LogP contribution >= 0.6 is 0 Å². The second-order valence-corrected chi connectivity index (χ2v) is 6.58. The molecule has 0 bridgehead atoms. The Hall–Kier alpha value is -3.60. The van der Waals surface area contributed by atoms with Gasteiger partial charge in [0.2, 0.25) is 0 Å². The zero-order valence-corrected chi connectivity index (χ0v) is 15.7. The summed E-state index contributed by atoms with van der Waals surface area (Å²) in [4.78, 5) is 19.8. The number of ether oxygens (including phenoxy) is 2. The zero-order chi connectivity index (χ0) is 19.5. The monoisotopic (exact) mass is 372 g/mol. The molecule has 3 aromatic carbocycles. The number of aromatic nitrogens is 2. The summed E-state index contributed by atoms with van der Waals surface area (Å²) >= 11 is 0. The highest BCUT2D eigenvalue weighted by Gasteiger charge is 2.11. The molecule has 0 saturated carbocycles. The number of H-pyrrole nitrogens is 1. The van der Waals surface area contributed by atoms with Crippen LogP contribution in [0, 0.1) is 6.92 Å². The zero-order valence-electron chi connectivity index (χ0n) is 15.7. The molecule has 140 valence electrons. The Morgan fingerprint density at radius 3 is 2.64 bits per heavy atom. The molecule has 0 aliphatic heterocycles. The lowest BCUT2D eigenvalue weighted by atomic mass is 10.1. The van der Waals surface area contributed by atoms with E-state index >= 15 is 0 Å². The summed E-state index contributed by atoms with van der Waals surface area (Å²) < 4.78 is 11.4. The molecule has 1 aromatic heterocycles. The van der Waals surface area contributed by atoms with Gasteiger partial charge in [-0.1, -0.05) is 42.0 Å².